The van der Waals surface area contributed by atoms with Gasteiger partial charge in [0.1, 0.15) is 0 Å². The molecule has 2 aromatic heterocycles. The van der Waals surface area contributed by atoms with E-state index in [1.807, 2.05) is 30.5 Å². The molecule has 23 heavy (non-hydrogen) atoms. The van der Waals surface area contributed by atoms with Crippen LogP contribution in [-0.2, 0) is 0 Å². The first-order valence-corrected chi connectivity index (χ1v) is 7.43. The topological polar surface area (TPSA) is 55.4 Å². The average molecular weight is 301 g/mol. The summed E-state index contributed by atoms with van der Waals surface area (Å²) in [5, 5.41) is 13.1. The normalized spacial score (nSPS) is 11.7. The zero-order valence-electron chi connectivity index (χ0n) is 12.9. The molecule has 5 heteroatoms. The Hall–Kier alpha value is -3.08. The lowest BCUT2D eigenvalue weighted by Crippen LogP contribution is -1.96. The summed E-state index contributed by atoms with van der Waals surface area (Å²) >= 11 is 0. The quantitative estimate of drug-likeness (QED) is 0.531. The van der Waals surface area contributed by atoms with Gasteiger partial charge in [0.05, 0.1) is 11.2 Å². The molecule has 4 rings (SSSR count). The average Bonchev–Trinajstić information content (AvgIpc) is 3.04. The van der Waals surface area contributed by atoms with Gasteiger partial charge in [0.25, 0.3) is 0 Å². The Kier molecular flexibility index (Phi) is 3.12. The Balaban J connectivity index is 1.87. The van der Waals surface area contributed by atoms with E-state index in [9.17, 15) is 0 Å². The number of aromatic nitrogens is 4. The molecule has 0 unspecified atom stereocenters. The van der Waals surface area contributed by atoms with Crippen LogP contribution in [0.1, 0.15) is 16.7 Å². The number of rotatable bonds is 2. The van der Waals surface area contributed by atoms with Crippen LogP contribution in [-0.4, -0.2) is 26.3 Å². The van der Waals surface area contributed by atoms with Crippen LogP contribution in [0.15, 0.2) is 53.5 Å². The van der Waals surface area contributed by atoms with E-state index >= 15 is 0 Å². The van der Waals surface area contributed by atoms with Gasteiger partial charge in [0, 0.05) is 17.2 Å². The zero-order valence-corrected chi connectivity index (χ0v) is 12.9. The molecular weight excluding hydrogens is 286 g/mol. The molecule has 0 aliphatic carbocycles. The van der Waals surface area contributed by atoms with Crippen LogP contribution in [0.25, 0.3) is 16.6 Å². The van der Waals surface area contributed by atoms with Crippen LogP contribution in [0.2, 0.25) is 0 Å². The summed E-state index contributed by atoms with van der Waals surface area (Å²) in [5.74, 6) is 0. The van der Waals surface area contributed by atoms with Gasteiger partial charge >= 0.3 is 0 Å². The molecule has 2 aromatic carbocycles. The minimum absolute atomic E-state index is 0.707. The van der Waals surface area contributed by atoms with Crippen molar-refractivity contribution >= 4 is 28.5 Å². The lowest BCUT2D eigenvalue weighted by Gasteiger charge is -2.04. The smallest absolute Gasteiger partial charge is 0.188 e. The van der Waals surface area contributed by atoms with E-state index in [1.54, 1.807) is 4.52 Å². The van der Waals surface area contributed by atoms with Crippen LogP contribution in [0.4, 0.5) is 5.69 Å². The summed E-state index contributed by atoms with van der Waals surface area (Å²) in [6.07, 6.45) is 1.82. The molecule has 0 bridgehead atoms. The Morgan fingerprint density at radius 1 is 0.957 bits per heavy atom. The van der Waals surface area contributed by atoms with Gasteiger partial charge in [-0.3, -0.25) is 4.99 Å². The lowest BCUT2D eigenvalue weighted by atomic mass is 10.1. The number of benzene rings is 2. The summed E-state index contributed by atoms with van der Waals surface area (Å²) in [7, 11) is 0. The van der Waals surface area contributed by atoms with Crippen LogP contribution in [0.5, 0.6) is 0 Å². The molecule has 0 N–H and O–H groups in total. The maximum absolute atomic E-state index is 4.54. The highest BCUT2D eigenvalue weighted by atomic mass is 15.5. The van der Waals surface area contributed by atoms with Crippen molar-refractivity contribution < 1.29 is 0 Å². The van der Waals surface area contributed by atoms with Crippen molar-refractivity contribution in [1.29, 1.82) is 0 Å². The third kappa shape index (κ3) is 2.46. The highest BCUT2D eigenvalue weighted by molar-refractivity contribution is 5.95. The van der Waals surface area contributed by atoms with Gasteiger partial charge < -0.3 is 0 Å². The first kappa shape index (κ1) is 13.6. The molecule has 4 aromatic rings. The number of hydrogen-bond acceptors (Lipinski definition) is 4. The second-order valence-corrected chi connectivity index (χ2v) is 5.67. The van der Waals surface area contributed by atoms with Crippen molar-refractivity contribution in [2.24, 2.45) is 4.99 Å². The number of nitrogens with zero attached hydrogens (tertiary/aromatic N) is 5. The number of fused-ring (bicyclic) bond motifs is 3. The summed E-state index contributed by atoms with van der Waals surface area (Å²) in [6.45, 7) is 4.12. The molecule has 5 nitrogen and oxygen atoms in total. The third-order valence-electron chi connectivity index (χ3n) is 3.84. The van der Waals surface area contributed by atoms with Crippen molar-refractivity contribution in [1.82, 2.24) is 20.0 Å². The number of hydrogen-bond donors (Lipinski definition) is 0. The van der Waals surface area contributed by atoms with E-state index in [2.05, 4.69) is 58.6 Å². The van der Waals surface area contributed by atoms with Gasteiger partial charge in [0.15, 0.2) is 5.65 Å². The minimum Gasteiger partial charge on any atom is -0.256 e. The fourth-order valence-electron chi connectivity index (χ4n) is 2.59. The van der Waals surface area contributed by atoms with Gasteiger partial charge in [-0.05, 0) is 54.1 Å². The monoisotopic (exact) mass is 301 g/mol. The fourth-order valence-corrected chi connectivity index (χ4v) is 2.59. The van der Waals surface area contributed by atoms with Gasteiger partial charge in [-0.1, -0.05) is 29.8 Å². The van der Waals surface area contributed by atoms with E-state index in [0.29, 0.717) is 5.65 Å². The van der Waals surface area contributed by atoms with E-state index in [1.165, 1.54) is 11.1 Å². The maximum atomic E-state index is 4.54. The van der Waals surface area contributed by atoms with Crippen LogP contribution in [0.3, 0.4) is 0 Å². The van der Waals surface area contributed by atoms with E-state index < -0.39 is 0 Å². The van der Waals surface area contributed by atoms with E-state index in [4.69, 9.17) is 0 Å². The van der Waals surface area contributed by atoms with Crippen molar-refractivity contribution in [2.45, 2.75) is 13.8 Å². The number of aryl methyl sites for hydroxylation is 2. The number of tetrazole rings is 1. The highest BCUT2D eigenvalue weighted by Gasteiger charge is 2.08. The largest absolute Gasteiger partial charge is 0.256 e. The predicted octanol–water partition coefficient (Wildman–Crippen LogP) is 3.64. The molecule has 0 aliphatic heterocycles. The maximum Gasteiger partial charge on any atom is 0.188 e. The van der Waals surface area contributed by atoms with Crippen molar-refractivity contribution in [3.63, 3.8) is 0 Å². The number of pyridine rings is 1. The molecule has 2 heterocycles. The van der Waals surface area contributed by atoms with Crippen molar-refractivity contribution in [2.75, 3.05) is 0 Å². The van der Waals surface area contributed by atoms with Gasteiger partial charge in [-0.25, -0.2) is 0 Å². The molecule has 0 aliphatic rings. The molecule has 0 spiro atoms. The van der Waals surface area contributed by atoms with Crippen LogP contribution in [0, 0.1) is 13.8 Å². The molecule has 0 radical (unpaired) electrons. The molecule has 0 fully saturated rings. The standard InChI is InChI=1S/C18H15N5/c1-12-4-7-16(8-5-12)19-11-15-10-14-6-3-13(2)9-17(14)23-18(15)20-21-22-23/h3-11H,1-2H3. The molecule has 0 saturated carbocycles. The molecule has 0 amide bonds. The summed E-state index contributed by atoms with van der Waals surface area (Å²) in [5.41, 5.74) is 5.90. The fraction of sp³-hybridized carbons (Fsp3) is 0.111. The lowest BCUT2D eigenvalue weighted by molar-refractivity contribution is 0.841. The third-order valence-corrected chi connectivity index (χ3v) is 3.84. The Labute approximate surface area is 133 Å². The second-order valence-electron chi connectivity index (χ2n) is 5.67. The van der Waals surface area contributed by atoms with Gasteiger partial charge in [0.2, 0.25) is 0 Å². The summed E-state index contributed by atoms with van der Waals surface area (Å²) in [6, 6.07) is 16.4. The molecule has 0 saturated heterocycles. The van der Waals surface area contributed by atoms with Crippen molar-refractivity contribution in [3.8, 4) is 0 Å². The van der Waals surface area contributed by atoms with Crippen LogP contribution >= 0.6 is 0 Å². The first-order valence-electron chi connectivity index (χ1n) is 7.43. The van der Waals surface area contributed by atoms with Crippen molar-refractivity contribution in [3.05, 3.63) is 65.2 Å². The molecule has 0 atom stereocenters. The van der Waals surface area contributed by atoms with E-state index in [0.717, 1.165) is 22.2 Å². The molecule has 112 valence electrons. The number of aliphatic imine (C=N–C) groups is 1. The first-order chi connectivity index (χ1) is 11.2. The summed E-state index contributed by atoms with van der Waals surface area (Å²) in [4.78, 5) is 4.54. The SMILES string of the molecule is Cc1ccc(N=Cc2cc3ccc(C)cc3n3nnnc23)cc1. The molecular formula is C18H15N5. The Morgan fingerprint density at radius 2 is 1.74 bits per heavy atom. The van der Waals surface area contributed by atoms with Gasteiger partial charge in [-0.2, -0.15) is 4.52 Å². The zero-order chi connectivity index (χ0) is 15.8. The van der Waals surface area contributed by atoms with Gasteiger partial charge in [-0.15, -0.1) is 5.10 Å². The summed E-state index contributed by atoms with van der Waals surface area (Å²) < 4.78 is 1.76. The Bertz CT molecular complexity index is 1030. The highest BCUT2D eigenvalue weighted by Crippen LogP contribution is 2.20. The predicted molar refractivity (Wildman–Crippen MR) is 91.5 cm³/mol. The second kappa shape index (κ2) is 5.28. The van der Waals surface area contributed by atoms with Crippen LogP contribution < -0.4 is 0 Å². The van der Waals surface area contributed by atoms with E-state index in [-0.39, 0.29) is 0 Å². The minimum atomic E-state index is 0.707. The Morgan fingerprint density at radius 3 is 2.57 bits per heavy atom.